The van der Waals surface area contributed by atoms with Gasteiger partial charge in [-0.25, -0.2) is 0 Å². The first kappa shape index (κ1) is 83.9. The van der Waals surface area contributed by atoms with Crippen molar-refractivity contribution in [3.63, 3.8) is 0 Å². The van der Waals surface area contributed by atoms with E-state index >= 15 is 0 Å². The Morgan fingerprint density at radius 3 is 0.826 bits per heavy atom. The summed E-state index contributed by atoms with van der Waals surface area (Å²) in [7, 11) is -5.06. The van der Waals surface area contributed by atoms with Crippen LogP contribution in [0.4, 0.5) is 0 Å². The molecule has 12 heteroatoms. The van der Waals surface area contributed by atoms with Crippen LogP contribution in [0.3, 0.4) is 0 Å². The van der Waals surface area contributed by atoms with Gasteiger partial charge < -0.3 is 28.4 Å². The standard InChI is InChI=1S/C74H137O11P/c1-14-27-28-29-30-31-32-36-39-42-45-56-86(75,76,77)69(57-70(23-10,61-78-48-15-2)62-79-49-16-3)46-43-40-37-34-33-35-38-41-44-47-74(58-71(24-11,63-80-50-17-4)64-81-51-18-5,59-72(25-12,65-82-52-19-6)66-83-53-20-7)60-73(26-13,67-84-54-21-8)68-85-55-22-9/h15-22,69,75-77H,2-9,14,23-68H2,1,10-13H3. The normalized spacial score (nSPS) is 13.5. The molecule has 0 aliphatic carbocycles. The molecule has 1 unspecified atom stereocenters. The first-order valence-corrected chi connectivity index (χ1v) is 36.6. The van der Waals surface area contributed by atoms with E-state index in [2.05, 4.69) is 87.3 Å². The third kappa shape index (κ3) is 37.9. The molecule has 0 aromatic carbocycles. The maximum atomic E-state index is 12.1. The molecule has 0 aromatic heterocycles. The molecule has 0 bridgehead atoms. The van der Waals surface area contributed by atoms with Crippen LogP contribution >= 0.6 is 7.28 Å². The molecule has 0 saturated carbocycles. The van der Waals surface area contributed by atoms with Gasteiger partial charge in [-0.3, -0.25) is 0 Å². The van der Waals surface area contributed by atoms with Gasteiger partial charge in [0.15, 0.2) is 0 Å². The van der Waals surface area contributed by atoms with Gasteiger partial charge in [-0.05, 0) is 43.9 Å². The van der Waals surface area contributed by atoms with Crippen molar-refractivity contribution in [2.45, 2.75) is 233 Å². The Balaban J connectivity index is 6.82. The van der Waals surface area contributed by atoms with Crippen LogP contribution in [0.25, 0.3) is 0 Å². The average Bonchev–Trinajstić information content (AvgIpc) is 1.03. The Kier molecular flexibility index (Phi) is 50.3. The quantitative estimate of drug-likeness (QED) is 0.0305. The van der Waals surface area contributed by atoms with Crippen molar-refractivity contribution < 1.29 is 52.6 Å². The van der Waals surface area contributed by atoms with Crippen LogP contribution in [0.1, 0.15) is 227 Å². The third-order valence-corrected chi connectivity index (χ3v) is 21.4. The van der Waals surface area contributed by atoms with Crippen LogP contribution in [0.5, 0.6) is 0 Å². The van der Waals surface area contributed by atoms with E-state index in [-0.39, 0.29) is 27.8 Å². The van der Waals surface area contributed by atoms with Crippen molar-refractivity contribution >= 4 is 7.28 Å². The maximum absolute atomic E-state index is 12.1. The summed E-state index contributed by atoms with van der Waals surface area (Å²) in [6, 6.07) is 0. The summed E-state index contributed by atoms with van der Waals surface area (Å²) in [4.78, 5) is 36.4. The predicted molar refractivity (Wildman–Crippen MR) is 369 cm³/mol. The Morgan fingerprint density at radius 1 is 0.314 bits per heavy atom. The fourth-order valence-corrected chi connectivity index (χ4v) is 15.7. The summed E-state index contributed by atoms with van der Waals surface area (Å²) in [5.41, 5.74) is -2.36. The summed E-state index contributed by atoms with van der Waals surface area (Å²) < 4.78 is 51.0. The summed E-state index contributed by atoms with van der Waals surface area (Å²) in [6.45, 7) is 50.3. The zero-order chi connectivity index (χ0) is 64.1. The predicted octanol–water partition coefficient (Wildman–Crippen LogP) is 19.0. The number of hydrogen-bond acceptors (Lipinski definition) is 11. The van der Waals surface area contributed by atoms with Gasteiger partial charge in [-0.2, -0.15) is 0 Å². The van der Waals surface area contributed by atoms with Crippen molar-refractivity contribution in [2.75, 3.05) is 112 Å². The van der Waals surface area contributed by atoms with E-state index in [0.29, 0.717) is 131 Å². The summed E-state index contributed by atoms with van der Waals surface area (Å²) in [6.07, 6.45) is 44.5. The fraction of sp³-hybridized carbons (Fsp3) is 0.784. The van der Waals surface area contributed by atoms with Crippen LogP contribution in [-0.2, 0) is 37.9 Å². The Bertz CT molecular complexity index is 1550. The molecule has 3 N–H and O–H groups in total. The molecule has 0 amide bonds. The molecule has 0 spiro atoms. The van der Waals surface area contributed by atoms with Crippen LogP contribution < -0.4 is 0 Å². The fourth-order valence-electron chi connectivity index (χ4n) is 13.1. The second-order valence-electron chi connectivity index (χ2n) is 25.9. The summed E-state index contributed by atoms with van der Waals surface area (Å²) in [5.74, 6) is 0. The van der Waals surface area contributed by atoms with E-state index in [1.165, 1.54) is 44.9 Å². The van der Waals surface area contributed by atoms with E-state index in [0.717, 1.165) is 122 Å². The smallest absolute Gasteiger partial charge is 0.0654 e. The first-order valence-electron chi connectivity index (χ1n) is 34.2. The molecule has 504 valence electrons. The second-order valence-corrected chi connectivity index (χ2v) is 29.6. The zero-order valence-corrected chi connectivity index (χ0v) is 57.5. The molecule has 0 radical (unpaired) electrons. The number of ether oxygens (including phenoxy) is 8. The second kappa shape index (κ2) is 51.5. The van der Waals surface area contributed by atoms with Gasteiger partial charge in [0.1, 0.15) is 0 Å². The Labute approximate surface area is 530 Å². The van der Waals surface area contributed by atoms with Gasteiger partial charge in [0.05, 0.1) is 79.3 Å². The van der Waals surface area contributed by atoms with Gasteiger partial charge in [0.25, 0.3) is 0 Å². The number of unbranched alkanes of at least 4 members (excludes halogenated alkanes) is 18. The average molecular weight is 1230 g/mol. The molecule has 11 nitrogen and oxygen atoms in total. The van der Waals surface area contributed by atoms with E-state index in [1.807, 2.05) is 36.5 Å². The molecular formula is C74H137O11P. The summed E-state index contributed by atoms with van der Waals surface area (Å²) in [5, 5.41) is 0. The summed E-state index contributed by atoms with van der Waals surface area (Å²) >= 11 is 0. The van der Waals surface area contributed by atoms with Crippen LogP contribution in [-0.4, -0.2) is 132 Å². The molecule has 0 heterocycles. The molecule has 0 aliphatic heterocycles. The van der Waals surface area contributed by atoms with Crippen LogP contribution in [0.15, 0.2) is 101 Å². The van der Waals surface area contributed by atoms with Crippen LogP contribution in [0, 0.1) is 27.1 Å². The Hall–Kier alpha value is -2.09. The monoisotopic (exact) mass is 1230 g/mol. The van der Waals surface area contributed by atoms with Gasteiger partial charge in [-0.1, -0.05) is 64.2 Å². The van der Waals surface area contributed by atoms with Gasteiger partial charge in [0.2, 0.25) is 0 Å². The van der Waals surface area contributed by atoms with E-state index in [1.54, 1.807) is 12.2 Å². The van der Waals surface area contributed by atoms with E-state index in [4.69, 9.17) is 37.9 Å². The third-order valence-electron chi connectivity index (χ3n) is 18.3. The topological polar surface area (TPSA) is 135 Å². The number of rotatable bonds is 69. The van der Waals surface area contributed by atoms with Gasteiger partial charge >= 0.3 is 261 Å². The minimum absolute atomic E-state index is 0.0462. The molecule has 0 fully saturated rings. The first-order chi connectivity index (χ1) is 41.5. The van der Waals surface area contributed by atoms with E-state index in [9.17, 15) is 14.7 Å². The molecular weight excluding hydrogens is 1100 g/mol. The van der Waals surface area contributed by atoms with E-state index < -0.39 is 18.4 Å². The molecule has 0 aliphatic rings. The van der Waals surface area contributed by atoms with Crippen LogP contribution in [0.2, 0.25) is 0 Å². The van der Waals surface area contributed by atoms with Crippen molar-refractivity contribution in [1.82, 2.24) is 0 Å². The van der Waals surface area contributed by atoms with Crippen molar-refractivity contribution in [3.8, 4) is 0 Å². The van der Waals surface area contributed by atoms with Gasteiger partial charge in [-0.15, -0.1) is 39.5 Å². The van der Waals surface area contributed by atoms with Crippen molar-refractivity contribution in [2.24, 2.45) is 27.1 Å². The van der Waals surface area contributed by atoms with Gasteiger partial charge in [0, 0.05) is 16.2 Å². The van der Waals surface area contributed by atoms with Crippen molar-refractivity contribution in [1.29, 1.82) is 0 Å². The number of hydrogen-bond donors (Lipinski definition) is 3. The molecule has 86 heavy (non-hydrogen) atoms. The Morgan fingerprint density at radius 2 is 0.558 bits per heavy atom. The molecule has 0 rings (SSSR count). The minimum atomic E-state index is -5.06. The zero-order valence-electron chi connectivity index (χ0n) is 56.6. The molecule has 0 aromatic rings. The molecule has 1 atom stereocenters. The SMILES string of the molecule is C=CCOCC(CC)(COCC=C)CC(CCCCCCCCCCCC(CC(CC)(COCC=C)COCC=C)(CC(CC)(COCC=C)COCC=C)CC(CC)(COCC=C)COCC=C)P(O)(O)(O)CCCCCCCCCCCCC. The molecule has 0 saturated heterocycles. The van der Waals surface area contributed by atoms with Crippen molar-refractivity contribution in [3.05, 3.63) is 101 Å². The minimum Gasteiger partial charge on any atom is -0.0654 e.